The number of anilines is 1. The summed E-state index contributed by atoms with van der Waals surface area (Å²) in [6.45, 7) is 8.81. The van der Waals surface area contributed by atoms with E-state index in [1.165, 1.54) is 0 Å². The van der Waals surface area contributed by atoms with Crippen LogP contribution in [0.5, 0.6) is 0 Å². The molecular formula is C25H27N7O. The van der Waals surface area contributed by atoms with Crippen molar-refractivity contribution in [1.29, 1.82) is 0 Å². The molecule has 0 unspecified atom stereocenters. The third kappa shape index (κ3) is 3.92. The summed E-state index contributed by atoms with van der Waals surface area (Å²) >= 11 is 0. The Morgan fingerprint density at radius 1 is 1.00 bits per heavy atom. The fraction of sp³-hybridized carbons (Fsp3) is 0.320. The summed E-state index contributed by atoms with van der Waals surface area (Å²) in [4.78, 5) is 31.3. The molecule has 33 heavy (non-hydrogen) atoms. The van der Waals surface area contributed by atoms with Crippen LogP contribution in [0.25, 0.3) is 22.3 Å². The van der Waals surface area contributed by atoms with Crippen molar-refractivity contribution in [3.8, 4) is 11.3 Å². The quantitative estimate of drug-likeness (QED) is 0.480. The molecule has 0 N–H and O–H groups in total. The first-order valence-electron chi connectivity index (χ1n) is 11.3. The Labute approximate surface area is 192 Å². The number of aryl methyl sites for hydroxylation is 1. The molecule has 1 saturated heterocycles. The molecule has 8 heteroatoms. The molecule has 8 nitrogen and oxygen atoms in total. The van der Waals surface area contributed by atoms with Crippen LogP contribution in [0.3, 0.4) is 0 Å². The largest absolute Gasteiger partial charge is 0.337 e. The van der Waals surface area contributed by atoms with Crippen molar-refractivity contribution in [1.82, 2.24) is 29.6 Å². The zero-order valence-corrected chi connectivity index (χ0v) is 19.1. The third-order valence-electron chi connectivity index (χ3n) is 6.11. The lowest BCUT2D eigenvalue weighted by Crippen LogP contribution is -2.49. The Morgan fingerprint density at radius 3 is 2.42 bits per heavy atom. The number of carbonyl (C=O) groups is 1. The van der Waals surface area contributed by atoms with Crippen molar-refractivity contribution in [2.75, 3.05) is 31.1 Å². The van der Waals surface area contributed by atoms with Gasteiger partial charge in [-0.25, -0.2) is 19.6 Å². The lowest BCUT2D eigenvalue weighted by atomic mass is 10.0. The van der Waals surface area contributed by atoms with Gasteiger partial charge < -0.3 is 9.80 Å². The molecule has 0 atom stereocenters. The van der Waals surface area contributed by atoms with E-state index in [0.29, 0.717) is 37.7 Å². The highest BCUT2D eigenvalue weighted by Crippen LogP contribution is 2.29. The fourth-order valence-corrected chi connectivity index (χ4v) is 4.31. The van der Waals surface area contributed by atoms with E-state index in [-0.39, 0.29) is 11.9 Å². The average molecular weight is 442 g/mol. The number of rotatable bonds is 4. The first kappa shape index (κ1) is 21.1. The van der Waals surface area contributed by atoms with Gasteiger partial charge in [0.25, 0.3) is 5.91 Å². The van der Waals surface area contributed by atoms with Gasteiger partial charge in [-0.15, -0.1) is 0 Å². The minimum Gasteiger partial charge on any atom is -0.337 e. The Bertz CT molecular complexity index is 1290. The number of hydrogen-bond donors (Lipinski definition) is 0. The van der Waals surface area contributed by atoms with Gasteiger partial charge in [-0.2, -0.15) is 5.10 Å². The minimum absolute atomic E-state index is 0.00849. The number of carbonyl (C=O) groups excluding carboxylic acids is 1. The second-order valence-corrected chi connectivity index (χ2v) is 8.62. The van der Waals surface area contributed by atoms with Gasteiger partial charge in [0.2, 0.25) is 5.95 Å². The molecule has 0 radical (unpaired) electrons. The molecule has 4 aromatic rings. The Kier molecular flexibility index (Phi) is 5.50. The number of benzene rings is 1. The number of aromatic nitrogens is 5. The van der Waals surface area contributed by atoms with Crippen LogP contribution < -0.4 is 4.90 Å². The van der Waals surface area contributed by atoms with Gasteiger partial charge in [0.15, 0.2) is 5.65 Å². The van der Waals surface area contributed by atoms with Gasteiger partial charge in [0.1, 0.15) is 0 Å². The Morgan fingerprint density at radius 2 is 1.73 bits per heavy atom. The summed E-state index contributed by atoms with van der Waals surface area (Å²) in [5, 5.41) is 5.34. The van der Waals surface area contributed by atoms with Gasteiger partial charge in [-0.3, -0.25) is 4.79 Å². The monoisotopic (exact) mass is 441 g/mol. The van der Waals surface area contributed by atoms with Gasteiger partial charge in [0.05, 0.1) is 22.8 Å². The van der Waals surface area contributed by atoms with Gasteiger partial charge >= 0.3 is 0 Å². The standard InChI is InChI=1S/C25H27N7O/c1-17(2)32-23-21(16-28-32)20(15-22(29-23)19-8-5-4-7-18(19)3)24(33)30-11-13-31(14-12-30)25-26-9-6-10-27-25/h4-10,15-17H,11-14H2,1-3H3. The van der Waals surface area contributed by atoms with Crippen LogP contribution in [0, 0.1) is 6.92 Å². The highest BCUT2D eigenvalue weighted by Gasteiger charge is 2.26. The molecule has 0 spiro atoms. The maximum Gasteiger partial charge on any atom is 0.254 e. The molecule has 1 amide bonds. The summed E-state index contributed by atoms with van der Waals surface area (Å²) in [5.41, 5.74) is 4.33. The lowest BCUT2D eigenvalue weighted by Gasteiger charge is -2.34. The molecule has 5 rings (SSSR count). The molecule has 0 bridgehead atoms. The van der Waals surface area contributed by atoms with Crippen LogP contribution in [0.4, 0.5) is 5.95 Å². The maximum atomic E-state index is 13.7. The minimum atomic E-state index is 0.00849. The van der Waals surface area contributed by atoms with Crippen LogP contribution in [0.2, 0.25) is 0 Å². The summed E-state index contributed by atoms with van der Waals surface area (Å²) in [5.74, 6) is 0.713. The molecule has 168 valence electrons. The van der Waals surface area contributed by atoms with E-state index in [1.54, 1.807) is 24.7 Å². The van der Waals surface area contributed by atoms with Crippen molar-refractivity contribution in [3.63, 3.8) is 0 Å². The van der Waals surface area contributed by atoms with Gasteiger partial charge in [-0.05, 0) is 38.5 Å². The maximum absolute atomic E-state index is 13.7. The summed E-state index contributed by atoms with van der Waals surface area (Å²) in [6.07, 6.45) is 5.26. The molecular weight excluding hydrogens is 414 g/mol. The highest BCUT2D eigenvalue weighted by molar-refractivity contribution is 6.06. The van der Waals surface area contributed by atoms with E-state index >= 15 is 0 Å². The van der Waals surface area contributed by atoms with Crippen molar-refractivity contribution >= 4 is 22.9 Å². The molecule has 1 aliphatic rings. The Balaban J connectivity index is 1.51. The second kappa shape index (κ2) is 8.61. The SMILES string of the molecule is Cc1ccccc1-c1cc(C(=O)N2CCN(c3ncccn3)CC2)c2cnn(C(C)C)c2n1. The summed E-state index contributed by atoms with van der Waals surface area (Å²) in [7, 11) is 0. The van der Waals surface area contributed by atoms with Crippen LogP contribution in [-0.2, 0) is 0 Å². The van der Waals surface area contributed by atoms with E-state index < -0.39 is 0 Å². The number of pyridine rings is 1. The van der Waals surface area contributed by atoms with Crippen molar-refractivity contribution < 1.29 is 4.79 Å². The van der Waals surface area contributed by atoms with Crippen LogP contribution >= 0.6 is 0 Å². The molecule has 0 saturated carbocycles. The molecule has 4 heterocycles. The van der Waals surface area contributed by atoms with Crippen LogP contribution in [-0.4, -0.2) is 61.7 Å². The molecule has 0 aliphatic carbocycles. The number of piperazine rings is 1. The first-order chi connectivity index (χ1) is 16.0. The summed E-state index contributed by atoms with van der Waals surface area (Å²) < 4.78 is 1.89. The second-order valence-electron chi connectivity index (χ2n) is 8.62. The highest BCUT2D eigenvalue weighted by atomic mass is 16.2. The molecule has 3 aromatic heterocycles. The number of nitrogens with zero attached hydrogens (tertiary/aromatic N) is 7. The topological polar surface area (TPSA) is 80.0 Å². The lowest BCUT2D eigenvalue weighted by molar-refractivity contribution is 0.0748. The van der Waals surface area contributed by atoms with Crippen molar-refractivity contribution in [2.24, 2.45) is 0 Å². The molecule has 1 aromatic carbocycles. The van der Waals surface area contributed by atoms with Crippen molar-refractivity contribution in [3.05, 3.63) is 66.1 Å². The number of fused-ring (bicyclic) bond motifs is 1. The van der Waals surface area contributed by atoms with E-state index in [4.69, 9.17) is 4.98 Å². The van der Waals surface area contributed by atoms with Crippen LogP contribution in [0.15, 0.2) is 55.0 Å². The zero-order valence-electron chi connectivity index (χ0n) is 19.1. The smallest absolute Gasteiger partial charge is 0.254 e. The Hall–Kier alpha value is -3.81. The predicted octanol–water partition coefficient (Wildman–Crippen LogP) is 3.74. The van der Waals surface area contributed by atoms with Gasteiger partial charge in [-0.1, -0.05) is 24.3 Å². The van der Waals surface area contributed by atoms with Crippen LogP contribution in [0.1, 0.15) is 35.8 Å². The molecule has 1 fully saturated rings. The van der Waals surface area contributed by atoms with Gasteiger partial charge in [0, 0.05) is 50.2 Å². The zero-order chi connectivity index (χ0) is 22.9. The van der Waals surface area contributed by atoms with Crippen molar-refractivity contribution in [2.45, 2.75) is 26.8 Å². The first-order valence-corrected chi connectivity index (χ1v) is 11.3. The van der Waals surface area contributed by atoms with E-state index in [0.717, 1.165) is 27.9 Å². The summed E-state index contributed by atoms with van der Waals surface area (Å²) in [6, 6.07) is 12.0. The number of hydrogen-bond acceptors (Lipinski definition) is 6. The van der Waals surface area contributed by atoms with E-state index in [1.807, 2.05) is 33.8 Å². The third-order valence-corrected chi connectivity index (χ3v) is 6.11. The predicted molar refractivity (Wildman–Crippen MR) is 128 cm³/mol. The van der Waals surface area contributed by atoms with E-state index in [2.05, 4.69) is 46.8 Å². The van der Waals surface area contributed by atoms with E-state index in [9.17, 15) is 4.79 Å². The molecule has 1 aliphatic heterocycles. The average Bonchev–Trinajstić information content (AvgIpc) is 3.28. The number of amides is 1. The normalized spacial score (nSPS) is 14.3. The fourth-order valence-electron chi connectivity index (χ4n) is 4.31.